The molecule has 0 spiro atoms. The summed E-state index contributed by atoms with van der Waals surface area (Å²) in [5, 5.41) is 6.11. The van der Waals surface area contributed by atoms with E-state index < -0.39 is 0 Å². The van der Waals surface area contributed by atoms with Gasteiger partial charge >= 0.3 is 0 Å². The number of carbonyl (C=O) groups is 1. The molecule has 0 aliphatic heterocycles. The van der Waals surface area contributed by atoms with E-state index in [9.17, 15) is 4.79 Å². The van der Waals surface area contributed by atoms with Gasteiger partial charge in [0, 0.05) is 24.2 Å². The molecule has 1 rings (SSSR count). The quantitative estimate of drug-likeness (QED) is 0.784. The molecule has 19 heavy (non-hydrogen) atoms. The second kappa shape index (κ2) is 7.63. The van der Waals surface area contributed by atoms with Crippen molar-refractivity contribution in [3.63, 3.8) is 0 Å². The molecule has 0 heterocycles. The van der Waals surface area contributed by atoms with Gasteiger partial charge in [-0.25, -0.2) is 0 Å². The van der Waals surface area contributed by atoms with Crippen molar-refractivity contribution in [1.29, 1.82) is 0 Å². The standard InChI is InChI=1S/C14H22N2O3/c1-5-15-10(2)9-16-14(17)11-6-12(18-3)8-13(7-11)19-4/h6-8,10,15H,5,9H2,1-4H3,(H,16,17)/t10-/m1/s1. The molecule has 0 aromatic heterocycles. The Balaban J connectivity index is 2.70. The third-order valence-electron chi connectivity index (χ3n) is 2.74. The lowest BCUT2D eigenvalue weighted by atomic mass is 10.2. The Labute approximate surface area is 114 Å². The fraction of sp³-hybridized carbons (Fsp3) is 0.500. The molecule has 0 radical (unpaired) electrons. The Kier molecular flexibility index (Phi) is 6.15. The molecule has 2 N–H and O–H groups in total. The Morgan fingerprint density at radius 1 is 1.21 bits per heavy atom. The van der Waals surface area contributed by atoms with Crippen LogP contribution in [0.5, 0.6) is 11.5 Å². The van der Waals surface area contributed by atoms with Crippen LogP contribution in [0.15, 0.2) is 18.2 Å². The fourth-order valence-corrected chi connectivity index (χ4v) is 1.71. The first-order valence-corrected chi connectivity index (χ1v) is 6.35. The smallest absolute Gasteiger partial charge is 0.251 e. The zero-order chi connectivity index (χ0) is 14.3. The molecular weight excluding hydrogens is 244 g/mol. The first-order valence-electron chi connectivity index (χ1n) is 6.35. The van der Waals surface area contributed by atoms with Crippen molar-refractivity contribution in [3.05, 3.63) is 23.8 Å². The number of ether oxygens (including phenoxy) is 2. The molecular formula is C14H22N2O3. The average molecular weight is 266 g/mol. The number of nitrogens with one attached hydrogen (secondary N) is 2. The van der Waals surface area contributed by atoms with E-state index in [2.05, 4.69) is 10.6 Å². The van der Waals surface area contributed by atoms with Gasteiger partial charge in [-0.15, -0.1) is 0 Å². The number of hydrogen-bond acceptors (Lipinski definition) is 4. The van der Waals surface area contributed by atoms with E-state index in [0.29, 0.717) is 23.6 Å². The van der Waals surface area contributed by atoms with Gasteiger partial charge in [-0.05, 0) is 25.6 Å². The van der Waals surface area contributed by atoms with Crippen LogP contribution in [0, 0.1) is 0 Å². The summed E-state index contributed by atoms with van der Waals surface area (Å²) in [4.78, 5) is 12.0. The molecule has 0 fully saturated rings. The van der Waals surface area contributed by atoms with Crippen molar-refractivity contribution in [1.82, 2.24) is 10.6 Å². The monoisotopic (exact) mass is 266 g/mol. The molecule has 1 aromatic carbocycles. The van der Waals surface area contributed by atoms with E-state index in [1.54, 1.807) is 32.4 Å². The van der Waals surface area contributed by atoms with Crippen LogP contribution >= 0.6 is 0 Å². The van der Waals surface area contributed by atoms with Gasteiger partial charge in [0.05, 0.1) is 14.2 Å². The number of rotatable bonds is 7. The van der Waals surface area contributed by atoms with Gasteiger partial charge in [0.2, 0.25) is 0 Å². The maximum absolute atomic E-state index is 12.0. The molecule has 0 unspecified atom stereocenters. The van der Waals surface area contributed by atoms with Crippen LogP contribution < -0.4 is 20.1 Å². The minimum absolute atomic E-state index is 0.137. The number of amides is 1. The van der Waals surface area contributed by atoms with Gasteiger partial charge in [-0.3, -0.25) is 4.79 Å². The zero-order valence-corrected chi connectivity index (χ0v) is 11.9. The minimum atomic E-state index is -0.137. The van der Waals surface area contributed by atoms with Crippen LogP contribution in [0.3, 0.4) is 0 Å². The highest BCUT2D eigenvalue weighted by atomic mass is 16.5. The van der Waals surface area contributed by atoms with Crippen molar-refractivity contribution < 1.29 is 14.3 Å². The lowest BCUT2D eigenvalue weighted by molar-refractivity contribution is 0.0949. The SMILES string of the molecule is CCN[C@H](C)CNC(=O)c1cc(OC)cc(OC)c1. The number of hydrogen-bond donors (Lipinski definition) is 2. The highest BCUT2D eigenvalue weighted by Crippen LogP contribution is 2.22. The fourth-order valence-electron chi connectivity index (χ4n) is 1.71. The molecule has 106 valence electrons. The molecule has 0 aliphatic carbocycles. The lowest BCUT2D eigenvalue weighted by Gasteiger charge is -2.14. The summed E-state index contributed by atoms with van der Waals surface area (Å²) in [7, 11) is 3.12. The first-order chi connectivity index (χ1) is 9.10. The molecule has 1 amide bonds. The second-order valence-corrected chi connectivity index (χ2v) is 4.27. The number of methoxy groups -OCH3 is 2. The lowest BCUT2D eigenvalue weighted by Crippen LogP contribution is -2.38. The van der Waals surface area contributed by atoms with Crippen LogP contribution in [-0.4, -0.2) is 39.3 Å². The topological polar surface area (TPSA) is 59.6 Å². The normalized spacial score (nSPS) is 11.8. The predicted octanol–water partition coefficient (Wildman–Crippen LogP) is 1.43. The van der Waals surface area contributed by atoms with E-state index in [1.165, 1.54) is 0 Å². The predicted molar refractivity (Wildman–Crippen MR) is 75.0 cm³/mol. The number of benzene rings is 1. The Morgan fingerprint density at radius 2 is 1.79 bits per heavy atom. The highest BCUT2D eigenvalue weighted by Gasteiger charge is 2.10. The van der Waals surface area contributed by atoms with Crippen molar-refractivity contribution in [2.75, 3.05) is 27.3 Å². The van der Waals surface area contributed by atoms with Crippen LogP contribution in [0.1, 0.15) is 24.2 Å². The largest absolute Gasteiger partial charge is 0.497 e. The maximum atomic E-state index is 12.0. The molecule has 5 heteroatoms. The van der Waals surface area contributed by atoms with Gasteiger partial charge in [-0.2, -0.15) is 0 Å². The molecule has 0 bridgehead atoms. The second-order valence-electron chi connectivity index (χ2n) is 4.27. The van der Waals surface area contributed by atoms with E-state index in [0.717, 1.165) is 6.54 Å². The summed E-state index contributed by atoms with van der Waals surface area (Å²) >= 11 is 0. The summed E-state index contributed by atoms with van der Waals surface area (Å²) in [6.45, 7) is 5.51. The van der Waals surface area contributed by atoms with Crippen LogP contribution in [0.2, 0.25) is 0 Å². The number of likely N-dealkylation sites (N-methyl/N-ethyl adjacent to an activating group) is 1. The van der Waals surface area contributed by atoms with Gasteiger partial charge < -0.3 is 20.1 Å². The summed E-state index contributed by atoms with van der Waals surface area (Å²) < 4.78 is 10.3. The van der Waals surface area contributed by atoms with Crippen LogP contribution in [0.25, 0.3) is 0 Å². The summed E-state index contributed by atoms with van der Waals surface area (Å²) in [5.74, 6) is 1.07. The summed E-state index contributed by atoms with van der Waals surface area (Å²) in [6, 6.07) is 5.35. The molecule has 5 nitrogen and oxygen atoms in total. The Hall–Kier alpha value is -1.75. The Morgan fingerprint density at radius 3 is 2.26 bits per heavy atom. The maximum Gasteiger partial charge on any atom is 0.251 e. The van der Waals surface area contributed by atoms with Crippen LogP contribution in [-0.2, 0) is 0 Å². The van der Waals surface area contributed by atoms with Crippen molar-refractivity contribution >= 4 is 5.91 Å². The summed E-state index contributed by atoms with van der Waals surface area (Å²) in [6.07, 6.45) is 0. The third kappa shape index (κ3) is 4.79. The van der Waals surface area contributed by atoms with Gasteiger partial charge in [0.25, 0.3) is 5.91 Å². The average Bonchev–Trinajstić information content (AvgIpc) is 2.44. The summed E-state index contributed by atoms with van der Waals surface area (Å²) in [5.41, 5.74) is 0.528. The molecule has 1 aromatic rings. The minimum Gasteiger partial charge on any atom is -0.497 e. The first kappa shape index (κ1) is 15.3. The van der Waals surface area contributed by atoms with Crippen molar-refractivity contribution in [3.8, 4) is 11.5 Å². The van der Waals surface area contributed by atoms with Gasteiger partial charge in [0.15, 0.2) is 0 Å². The number of carbonyl (C=O) groups excluding carboxylic acids is 1. The van der Waals surface area contributed by atoms with E-state index in [4.69, 9.17) is 9.47 Å². The Bertz CT molecular complexity index is 399. The van der Waals surface area contributed by atoms with Crippen LogP contribution in [0.4, 0.5) is 0 Å². The molecule has 0 aliphatic rings. The van der Waals surface area contributed by atoms with Crippen molar-refractivity contribution in [2.45, 2.75) is 19.9 Å². The van der Waals surface area contributed by atoms with Crippen molar-refractivity contribution in [2.24, 2.45) is 0 Å². The molecule has 1 atom stereocenters. The highest BCUT2D eigenvalue weighted by molar-refractivity contribution is 5.95. The van der Waals surface area contributed by atoms with Gasteiger partial charge in [-0.1, -0.05) is 6.92 Å². The molecule has 0 saturated heterocycles. The van der Waals surface area contributed by atoms with E-state index in [1.807, 2.05) is 13.8 Å². The van der Waals surface area contributed by atoms with E-state index in [-0.39, 0.29) is 11.9 Å². The molecule has 0 saturated carbocycles. The zero-order valence-electron chi connectivity index (χ0n) is 11.9. The van der Waals surface area contributed by atoms with Gasteiger partial charge in [0.1, 0.15) is 11.5 Å². The van der Waals surface area contributed by atoms with E-state index >= 15 is 0 Å². The third-order valence-corrected chi connectivity index (χ3v) is 2.74.